The number of nitrogens with zero attached hydrogens (tertiary/aromatic N) is 1. The first-order valence-electron chi connectivity index (χ1n) is 9.11. The molecule has 5 rings (SSSR count). The number of carbonyl (C=O) groups is 3. The van der Waals surface area contributed by atoms with E-state index < -0.39 is 5.97 Å². The normalized spacial score (nSPS) is 33.0. The fourth-order valence-corrected chi connectivity index (χ4v) is 7.58. The summed E-state index contributed by atoms with van der Waals surface area (Å²) < 4.78 is 4.91. The average molecular weight is 406 g/mol. The van der Waals surface area contributed by atoms with E-state index in [4.69, 9.17) is 4.74 Å². The van der Waals surface area contributed by atoms with E-state index in [1.165, 1.54) is 21.8 Å². The van der Waals surface area contributed by atoms with Crippen LogP contribution in [0.5, 0.6) is 0 Å². The Kier molecular flexibility index (Phi) is 3.87. The molecule has 1 N–H and O–H groups in total. The van der Waals surface area contributed by atoms with Crippen LogP contribution in [-0.2, 0) is 19.1 Å². The van der Waals surface area contributed by atoms with Gasteiger partial charge in [0.15, 0.2) is 0 Å². The first kappa shape index (κ1) is 17.2. The number of thiazole rings is 1. The molecule has 0 aromatic carbocycles. The number of carbonyl (C=O) groups excluding carboxylic acids is 3. The fraction of sp³-hybridized carbons (Fsp3) is 0.556. The predicted molar refractivity (Wildman–Crippen MR) is 99.1 cm³/mol. The molecule has 2 bridgehead atoms. The van der Waals surface area contributed by atoms with Crippen molar-refractivity contribution >= 4 is 47.0 Å². The molecular weight excluding hydrogens is 388 g/mol. The number of fused-ring (bicyclic) bond motifs is 9. The second-order valence-corrected chi connectivity index (χ2v) is 9.50. The maximum absolute atomic E-state index is 13.0. The molecule has 5 unspecified atom stereocenters. The lowest BCUT2D eigenvalue weighted by molar-refractivity contribution is -0.145. The lowest BCUT2D eigenvalue weighted by atomic mass is 9.77. The average Bonchev–Trinajstić information content (AvgIpc) is 3.33. The highest BCUT2D eigenvalue weighted by Gasteiger charge is 2.66. The third-order valence-electron chi connectivity index (χ3n) is 6.09. The molecule has 4 aliphatic rings. The zero-order valence-corrected chi connectivity index (χ0v) is 16.2. The Morgan fingerprint density at radius 3 is 2.85 bits per heavy atom. The van der Waals surface area contributed by atoms with Crippen molar-refractivity contribution in [1.82, 2.24) is 9.88 Å². The highest BCUT2D eigenvalue weighted by Crippen LogP contribution is 2.64. The molecule has 7 nitrogen and oxygen atoms in total. The lowest BCUT2D eigenvalue weighted by Crippen LogP contribution is -2.35. The number of aromatic amines is 1. The number of esters is 1. The van der Waals surface area contributed by atoms with Gasteiger partial charge in [-0.15, -0.1) is 0 Å². The summed E-state index contributed by atoms with van der Waals surface area (Å²) in [5.41, 5.74) is 1.20. The third kappa shape index (κ3) is 2.40. The molecule has 1 aromatic heterocycles. The standard InChI is InChI=1S/C18H18N2O5S2/c1-2-25-11(21)3-4-20-16(22)12-7-5-9(13(12)17(20)23)14-8(7)6-10-15(27-14)19-18(24)26-10/h6-7,9,12-14H,2-5H2,1H3,(H,19,24). The molecule has 2 saturated carbocycles. The Morgan fingerprint density at radius 1 is 1.30 bits per heavy atom. The molecule has 1 aromatic rings. The van der Waals surface area contributed by atoms with Crippen LogP contribution in [0.1, 0.15) is 24.6 Å². The van der Waals surface area contributed by atoms with Gasteiger partial charge in [0, 0.05) is 11.8 Å². The number of nitrogens with one attached hydrogen (secondary N) is 1. The van der Waals surface area contributed by atoms with Crippen LogP contribution in [0.25, 0.3) is 6.08 Å². The van der Waals surface area contributed by atoms with Gasteiger partial charge in [-0.2, -0.15) is 0 Å². The Hall–Kier alpha value is -1.87. The van der Waals surface area contributed by atoms with E-state index in [-0.39, 0.29) is 65.2 Å². The Morgan fingerprint density at radius 2 is 2.07 bits per heavy atom. The van der Waals surface area contributed by atoms with Crippen LogP contribution in [0.2, 0.25) is 0 Å². The Labute approximate surface area is 163 Å². The zero-order chi connectivity index (χ0) is 18.9. The first-order valence-corrected chi connectivity index (χ1v) is 10.8. The van der Waals surface area contributed by atoms with Gasteiger partial charge in [0.2, 0.25) is 11.8 Å². The highest BCUT2D eigenvalue weighted by atomic mass is 32.2. The van der Waals surface area contributed by atoms with E-state index in [2.05, 4.69) is 11.1 Å². The van der Waals surface area contributed by atoms with E-state index >= 15 is 0 Å². The van der Waals surface area contributed by atoms with E-state index in [9.17, 15) is 19.2 Å². The molecule has 1 saturated heterocycles. The molecule has 27 heavy (non-hydrogen) atoms. The summed E-state index contributed by atoms with van der Waals surface area (Å²) in [6, 6.07) is 0. The third-order valence-corrected chi connectivity index (χ3v) is 8.48. The van der Waals surface area contributed by atoms with Crippen molar-refractivity contribution in [3.05, 3.63) is 20.1 Å². The summed E-state index contributed by atoms with van der Waals surface area (Å²) in [5, 5.41) is 1.02. The molecule has 2 aliphatic carbocycles. The number of rotatable bonds is 4. The summed E-state index contributed by atoms with van der Waals surface area (Å²) in [7, 11) is 0. The molecule has 5 atom stereocenters. The van der Waals surface area contributed by atoms with E-state index in [1.807, 2.05) is 0 Å². The molecule has 3 heterocycles. The van der Waals surface area contributed by atoms with Gasteiger partial charge < -0.3 is 9.72 Å². The van der Waals surface area contributed by atoms with Gasteiger partial charge in [0.05, 0.1) is 34.8 Å². The maximum Gasteiger partial charge on any atom is 0.307 e. The van der Waals surface area contributed by atoms with Gasteiger partial charge in [-0.05, 0) is 31.3 Å². The predicted octanol–water partition coefficient (Wildman–Crippen LogP) is 1.50. The van der Waals surface area contributed by atoms with Crippen LogP contribution in [-0.4, -0.2) is 46.1 Å². The van der Waals surface area contributed by atoms with Gasteiger partial charge in [0.1, 0.15) is 0 Å². The summed E-state index contributed by atoms with van der Waals surface area (Å²) in [6.45, 7) is 2.11. The molecule has 9 heteroatoms. The zero-order valence-electron chi connectivity index (χ0n) is 14.6. The van der Waals surface area contributed by atoms with E-state index in [0.29, 0.717) is 0 Å². The number of amides is 2. The van der Waals surface area contributed by atoms with Crippen molar-refractivity contribution in [3.8, 4) is 0 Å². The number of imide groups is 1. The number of ether oxygens (including phenoxy) is 1. The van der Waals surface area contributed by atoms with Gasteiger partial charge in [0.25, 0.3) is 0 Å². The van der Waals surface area contributed by atoms with Crippen LogP contribution < -0.4 is 4.87 Å². The fourth-order valence-electron chi connectivity index (χ4n) is 5.14. The largest absolute Gasteiger partial charge is 0.466 e. The minimum atomic E-state index is -0.390. The molecule has 142 valence electrons. The van der Waals surface area contributed by atoms with Crippen LogP contribution in [0, 0.1) is 23.7 Å². The lowest BCUT2D eigenvalue weighted by Gasteiger charge is -2.32. The number of likely N-dealkylation sites (tertiary alicyclic amines) is 1. The van der Waals surface area contributed by atoms with E-state index in [1.54, 1.807) is 18.7 Å². The van der Waals surface area contributed by atoms with Crippen molar-refractivity contribution in [1.29, 1.82) is 0 Å². The molecular formula is C18H18N2O5S2. The Balaban J connectivity index is 1.40. The van der Waals surface area contributed by atoms with Gasteiger partial charge in [-0.3, -0.25) is 24.1 Å². The number of hydrogen-bond acceptors (Lipinski definition) is 7. The van der Waals surface area contributed by atoms with Crippen LogP contribution in [0.15, 0.2) is 15.4 Å². The van der Waals surface area contributed by atoms with Crippen LogP contribution in [0.3, 0.4) is 0 Å². The quantitative estimate of drug-likeness (QED) is 0.601. The number of hydrogen-bond donors (Lipinski definition) is 1. The van der Waals surface area contributed by atoms with Crippen molar-refractivity contribution in [2.75, 3.05) is 13.2 Å². The van der Waals surface area contributed by atoms with E-state index in [0.717, 1.165) is 16.3 Å². The summed E-state index contributed by atoms with van der Waals surface area (Å²) in [4.78, 5) is 54.1. The number of thioether (sulfide) groups is 1. The van der Waals surface area contributed by atoms with Crippen molar-refractivity contribution in [2.24, 2.45) is 23.7 Å². The molecule has 0 radical (unpaired) electrons. The summed E-state index contributed by atoms with van der Waals surface area (Å²) in [5.74, 6) is -1.14. The Bertz CT molecular complexity index is 948. The number of H-pyrrole nitrogens is 1. The summed E-state index contributed by atoms with van der Waals surface area (Å²) in [6.07, 6.45) is 2.94. The smallest absolute Gasteiger partial charge is 0.307 e. The van der Waals surface area contributed by atoms with Crippen molar-refractivity contribution < 1.29 is 19.1 Å². The first-order chi connectivity index (χ1) is 13.0. The second-order valence-electron chi connectivity index (χ2n) is 7.33. The highest BCUT2D eigenvalue weighted by molar-refractivity contribution is 8.00. The molecule has 2 aliphatic heterocycles. The van der Waals surface area contributed by atoms with Gasteiger partial charge >= 0.3 is 10.8 Å². The van der Waals surface area contributed by atoms with Gasteiger partial charge in [-0.1, -0.05) is 28.7 Å². The van der Waals surface area contributed by atoms with Crippen LogP contribution >= 0.6 is 23.1 Å². The molecule has 3 fully saturated rings. The molecule has 0 spiro atoms. The maximum atomic E-state index is 13.0. The second kappa shape index (κ2) is 6.07. The minimum Gasteiger partial charge on any atom is -0.466 e. The van der Waals surface area contributed by atoms with Crippen LogP contribution in [0.4, 0.5) is 0 Å². The number of aromatic nitrogens is 1. The van der Waals surface area contributed by atoms with Crippen molar-refractivity contribution in [3.63, 3.8) is 0 Å². The van der Waals surface area contributed by atoms with Crippen molar-refractivity contribution in [2.45, 2.75) is 30.0 Å². The molecule has 2 amide bonds. The minimum absolute atomic E-state index is 0.0412. The topological polar surface area (TPSA) is 96.5 Å². The monoisotopic (exact) mass is 406 g/mol. The summed E-state index contributed by atoms with van der Waals surface area (Å²) >= 11 is 2.81. The van der Waals surface area contributed by atoms with Gasteiger partial charge in [-0.25, -0.2) is 0 Å². The SMILES string of the molecule is CCOC(=O)CCN1C(=O)C2C3CC(C4Sc5[nH]c(=O)sc5C=C34)C2C1=O.